The van der Waals surface area contributed by atoms with E-state index in [1.165, 1.54) is 0 Å². The minimum Gasteiger partial charge on any atom is -0.390 e. The lowest BCUT2D eigenvalue weighted by atomic mass is 9.99. The highest BCUT2D eigenvalue weighted by Crippen LogP contribution is 2.24. The summed E-state index contributed by atoms with van der Waals surface area (Å²) in [6.07, 6.45) is 2.97. The monoisotopic (exact) mass is 360 g/mol. The lowest BCUT2D eigenvalue weighted by Gasteiger charge is -2.39. The Kier molecular flexibility index (Phi) is 5.38. The number of nitrogens with zero attached hydrogens (tertiary/aromatic N) is 4. The number of β-amino-alcohol motifs (C(OH)–C–C–N with tert-alkyl or cyclic N) is 1. The molecule has 0 aliphatic carbocycles. The van der Waals surface area contributed by atoms with Crippen LogP contribution in [0.15, 0.2) is 24.4 Å². The van der Waals surface area contributed by atoms with Crippen molar-refractivity contribution in [1.82, 2.24) is 14.8 Å². The molecule has 3 fully saturated rings. The zero-order chi connectivity index (χ0) is 17.9. The maximum absolute atomic E-state index is 12.7. The van der Waals surface area contributed by atoms with Crippen molar-refractivity contribution >= 4 is 11.7 Å². The van der Waals surface area contributed by atoms with Crippen LogP contribution in [0.2, 0.25) is 0 Å². The number of anilines is 1. The highest BCUT2D eigenvalue weighted by molar-refractivity contribution is 5.79. The van der Waals surface area contributed by atoms with Gasteiger partial charge in [-0.1, -0.05) is 6.07 Å². The lowest BCUT2D eigenvalue weighted by molar-refractivity contribution is -0.137. The number of aliphatic hydroxyl groups is 1. The molecule has 3 aliphatic heterocycles. The first-order chi connectivity index (χ1) is 12.7. The van der Waals surface area contributed by atoms with Crippen LogP contribution in [0.5, 0.6) is 0 Å². The molecule has 0 radical (unpaired) electrons. The summed E-state index contributed by atoms with van der Waals surface area (Å²) in [5, 5.41) is 10.6. The molecule has 0 saturated carbocycles. The summed E-state index contributed by atoms with van der Waals surface area (Å²) < 4.78 is 5.36. The van der Waals surface area contributed by atoms with E-state index in [0.717, 1.165) is 44.8 Å². The predicted octanol–water partition coefficient (Wildman–Crippen LogP) is 0.202. The van der Waals surface area contributed by atoms with E-state index in [9.17, 15) is 9.90 Å². The van der Waals surface area contributed by atoms with Crippen molar-refractivity contribution in [3.05, 3.63) is 24.4 Å². The summed E-state index contributed by atoms with van der Waals surface area (Å²) in [5.41, 5.74) is 0. The van der Waals surface area contributed by atoms with E-state index in [4.69, 9.17) is 4.74 Å². The van der Waals surface area contributed by atoms with Gasteiger partial charge in [-0.25, -0.2) is 4.98 Å². The topological polar surface area (TPSA) is 69.1 Å². The summed E-state index contributed by atoms with van der Waals surface area (Å²) >= 11 is 0. The molecule has 0 aromatic carbocycles. The highest BCUT2D eigenvalue weighted by atomic mass is 16.5. The Morgan fingerprint density at radius 2 is 1.88 bits per heavy atom. The Bertz CT molecular complexity index is 600. The minimum atomic E-state index is -0.458. The van der Waals surface area contributed by atoms with Gasteiger partial charge in [-0.3, -0.25) is 9.69 Å². The van der Waals surface area contributed by atoms with Gasteiger partial charge in [0.15, 0.2) is 0 Å². The molecule has 26 heavy (non-hydrogen) atoms. The molecule has 142 valence electrons. The number of pyridine rings is 1. The molecule has 7 nitrogen and oxygen atoms in total. The van der Waals surface area contributed by atoms with Crippen molar-refractivity contribution < 1.29 is 14.6 Å². The Labute approximate surface area is 154 Å². The van der Waals surface area contributed by atoms with Crippen molar-refractivity contribution in [3.63, 3.8) is 0 Å². The third kappa shape index (κ3) is 3.70. The van der Waals surface area contributed by atoms with E-state index in [-0.39, 0.29) is 17.9 Å². The summed E-state index contributed by atoms with van der Waals surface area (Å²) in [6.45, 7) is 6.01. The number of rotatable bonds is 3. The molecule has 2 atom stereocenters. The van der Waals surface area contributed by atoms with Crippen molar-refractivity contribution in [2.75, 3.05) is 57.4 Å². The number of aromatic nitrogens is 1. The third-order valence-corrected chi connectivity index (χ3v) is 5.90. The molecule has 0 unspecified atom stereocenters. The second-order valence-corrected chi connectivity index (χ2v) is 7.48. The molecule has 1 aromatic heterocycles. The van der Waals surface area contributed by atoms with Crippen LogP contribution in [0.25, 0.3) is 0 Å². The van der Waals surface area contributed by atoms with Gasteiger partial charge >= 0.3 is 0 Å². The second kappa shape index (κ2) is 7.90. The molecule has 0 bridgehead atoms. The van der Waals surface area contributed by atoms with Gasteiger partial charge in [0.25, 0.3) is 0 Å². The number of aliphatic hydroxyl groups excluding tert-OH is 1. The van der Waals surface area contributed by atoms with Crippen molar-refractivity contribution in [3.8, 4) is 0 Å². The molecule has 1 aromatic rings. The maximum atomic E-state index is 12.7. The third-order valence-electron chi connectivity index (χ3n) is 5.90. The zero-order valence-corrected chi connectivity index (χ0v) is 15.2. The molecule has 1 amide bonds. The van der Waals surface area contributed by atoms with Crippen molar-refractivity contribution in [2.24, 2.45) is 5.92 Å². The molecule has 3 aliphatic rings. The van der Waals surface area contributed by atoms with E-state index in [2.05, 4.69) is 14.8 Å². The van der Waals surface area contributed by atoms with Gasteiger partial charge in [0, 0.05) is 64.6 Å². The van der Waals surface area contributed by atoms with Gasteiger partial charge in [0.1, 0.15) is 5.82 Å². The van der Waals surface area contributed by atoms with Crippen LogP contribution in [0.3, 0.4) is 0 Å². The van der Waals surface area contributed by atoms with Crippen molar-refractivity contribution in [2.45, 2.75) is 25.0 Å². The Morgan fingerprint density at radius 3 is 2.58 bits per heavy atom. The van der Waals surface area contributed by atoms with Crippen LogP contribution < -0.4 is 4.90 Å². The number of piperazine rings is 1. The zero-order valence-electron chi connectivity index (χ0n) is 15.2. The summed E-state index contributed by atoms with van der Waals surface area (Å²) in [7, 11) is 0. The van der Waals surface area contributed by atoms with E-state index in [1.807, 2.05) is 29.3 Å². The molecular weight excluding hydrogens is 332 g/mol. The van der Waals surface area contributed by atoms with Crippen molar-refractivity contribution in [1.29, 1.82) is 0 Å². The normalized spacial score (nSPS) is 28.5. The summed E-state index contributed by atoms with van der Waals surface area (Å²) in [4.78, 5) is 23.6. The Morgan fingerprint density at radius 1 is 1.12 bits per heavy atom. The largest absolute Gasteiger partial charge is 0.390 e. The van der Waals surface area contributed by atoms with Gasteiger partial charge in [-0.2, -0.15) is 0 Å². The van der Waals surface area contributed by atoms with Gasteiger partial charge in [0.05, 0.1) is 12.1 Å². The number of amides is 1. The first-order valence-corrected chi connectivity index (χ1v) is 9.67. The second-order valence-electron chi connectivity index (χ2n) is 7.48. The van der Waals surface area contributed by atoms with Crippen LogP contribution in [0.1, 0.15) is 12.8 Å². The Hall–Kier alpha value is -1.70. The van der Waals surface area contributed by atoms with Crippen LogP contribution >= 0.6 is 0 Å². The van der Waals surface area contributed by atoms with Crippen LogP contribution in [-0.2, 0) is 9.53 Å². The first kappa shape index (κ1) is 17.7. The fourth-order valence-corrected chi connectivity index (χ4v) is 4.33. The van der Waals surface area contributed by atoms with Crippen LogP contribution in [0.4, 0.5) is 5.82 Å². The van der Waals surface area contributed by atoms with E-state index in [0.29, 0.717) is 26.3 Å². The number of hydrogen-bond donors (Lipinski definition) is 1. The van der Waals surface area contributed by atoms with Gasteiger partial charge in [-0.15, -0.1) is 0 Å². The van der Waals surface area contributed by atoms with E-state index in [1.54, 1.807) is 0 Å². The molecular formula is C19H28N4O3. The number of carbonyl (C=O) groups is 1. The quantitative estimate of drug-likeness (QED) is 0.831. The van der Waals surface area contributed by atoms with Gasteiger partial charge in [0.2, 0.25) is 5.91 Å². The van der Waals surface area contributed by atoms with Crippen LogP contribution in [0, 0.1) is 5.92 Å². The van der Waals surface area contributed by atoms with Gasteiger partial charge in [-0.05, 0) is 25.0 Å². The molecule has 1 N–H and O–H groups in total. The average Bonchev–Trinajstić information content (AvgIpc) is 3.10. The SMILES string of the molecule is O=C(C1CCOCC1)N1C[C@@H](O)[C@H](N2CCN(c3ccccn3)CC2)C1. The molecule has 7 heteroatoms. The molecule has 0 spiro atoms. The first-order valence-electron chi connectivity index (χ1n) is 9.67. The summed E-state index contributed by atoms with van der Waals surface area (Å²) in [6, 6.07) is 6.02. The molecule has 3 saturated heterocycles. The molecule has 4 heterocycles. The fraction of sp³-hybridized carbons (Fsp3) is 0.684. The average molecular weight is 360 g/mol. The number of hydrogen-bond acceptors (Lipinski definition) is 6. The number of likely N-dealkylation sites (tertiary alicyclic amines) is 1. The van der Waals surface area contributed by atoms with E-state index < -0.39 is 6.10 Å². The minimum absolute atomic E-state index is 0.0460. The summed E-state index contributed by atoms with van der Waals surface area (Å²) in [5.74, 6) is 1.27. The fourth-order valence-electron chi connectivity index (χ4n) is 4.33. The lowest BCUT2D eigenvalue weighted by Crippen LogP contribution is -2.54. The standard InChI is InChI=1S/C19H28N4O3/c24-17-14-23(19(25)15-4-11-26-12-5-15)13-16(17)21-7-9-22(10-8-21)18-3-1-2-6-20-18/h1-3,6,15-17,24H,4-5,7-14H2/t16-,17-/m1/s1. The number of carbonyl (C=O) groups excluding carboxylic acids is 1. The maximum Gasteiger partial charge on any atom is 0.226 e. The van der Waals surface area contributed by atoms with E-state index >= 15 is 0 Å². The predicted molar refractivity (Wildman–Crippen MR) is 97.9 cm³/mol. The number of ether oxygens (including phenoxy) is 1. The smallest absolute Gasteiger partial charge is 0.226 e. The molecule has 4 rings (SSSR count). The van der Waals surface area contributed by atoms with Gasteiger partial charge < -0.3 is 19.6 Å². The Balaban J connectivity index is 1.32. The highest BCUT2D eigenvalue weighted by Gasteiger charge is 2.40. The van der Waals surface area contributed by atoms with Crippen LogP contribution in [-0.4, -0.2) is 90.4 Å².